The largest absolute Gasteiger partial charge is 0.497 e. The molecule has 0 heterocycles. The first kappa shape index (κ1) is 22.2. The Morgan fingerprint density at radius 2 is 1.66 bits per heavy atom. The van der Waals surface area contributed by atoms with Crippen LogP contribution in [0.4, 0.5) is 4.39 Å². The number of ether oxygens (including phenoxy) is 2. The quantitative estimate of drug-likeness (QED) is 0.565. The Hall–Kier alpha value is -3.09. The van der Waals surface area contributed by atoms with Crippen molar-refractivity contribution in [1.82, 2.24) is 10.6 Å². The molecule has 1 atom stereocenters. The molecule has 0 spiro atoms. The molecule has 0 radical (unpaired) electrons. The molecule has 0 saturated heterocycles. The van der Waals surface area contributed by atoms with E-state index in [0.717, 1.165) is 18.4 Å². The highest BCUT2D eigenvalue weighted by Gasteiger charge is 2.17. The number of hydrogen-bond acceptors (Lipinski definition) is 4. The summed E-state index contributed by atoms with van der Waals surface area (Å²) < 4.78 is 23.5. The standard InChI is InChI=1S/C22H27FN2O4/c1-16(26)25-21(17-5-9-19(28-2)10-6-17)15-22(27)24-13-3-4-14-29-20-11-7-18(23)8-12-20/h5-12,21H,3-4,13-15H2,1-2H3,(H,24,27)(H,25,26). The van der Waals surface area contributed by atoms with E-state index in [4.69, 9.17) is 9.47 Å². The van der Waals surface area contributed by atoms with Gasteiger partial charge in [-0.1, -0.05) is 12.1 Å². The number of amides is 2. The molecule has 0 aliphatic rings. The van der Waals surface area contributed by atoms with Crippen LogP contribution in [-0.2, 0) is 9.59 Å². The van der Waals surface area contributed by atoms with Gasteiger partial charge in [-0.15, -0.1) is 0 Å². The smallest absolute Gasteiger partial charge is 0.222 e. The van der Waals surface area contributed by atoms with E-state index >= 15 is 0 Å². The molecule has 0 aliphatic heterocycles. The maximum absolute atomic E-state index is 12.8. The van der Waals surface area contributed by atoms with Crippen molar-refractivity contribution in [2.24, 2.45) is 0 Å². The van der Waals surface area contributed by atoms with Crippen molar-refractivity contribution in [3.8, 4) is 11.5 Å². The molecule has 1 unspecified atom stereocenters. The van der Waals surface area contributed by atoms with Crippen molar-refractivity contribution < 1.29 is 23.5 Å². The Kier molecular flexibility index (Phi) is 8.95. The molecule has 2 N–H and O–H groups in total. The van der Waals surface area contributed by atoms with E-state index in [2.05, 4.69) is 10.6 Å². The van der Waals surface area contributed by atoms with Crippen LogP contribution in [-0.4, -0.2) is 32.1 Å². The van der Waals surface area contributed by atoms with Crippen molar-refractivity contribution in [2.75, 3.05) is 20.3 Å². The summed E-state index contributed by atoms with van der Waals surface area (Å²) in [6.07, 6.45) is 1.66. The summed E-state index contributed by atoms with van der Waals surface area (Å²) in [6.45, 7) is 2.43. The Morgan fingerprint density at radius 1 is 1.00 bits per heavy atom. The van der Waals surface area contributed by atoms with Crippen LogP contribution in [0.5, 0.6) is 11.5 Å². The van der Waals surface area contributed by atoms with Crippen LogP contribution in [0.15, 0.2) is 48.5 Å². The van der Waals surface area contributed by atoms with Crippen LogP contribution < -0.4 is 20.1 Å². The first-order chi connectivity index (χ1) is 14.0. The minimum Gasteiger partial charge on any atom is -0.497 e. The average molecular weight is 402 g/mol. The highest BCUT2D eigenvalue weighted by Crippen LogP contribution is 2.20. The highest BCUT2D eigenvalue weighted by atomic mass is 19.1. The van der Waals surface area contributed by atoms with E-state index in [1.54, 1.807) is 31.4 Å². The molecule has 0 aromatic heterocycles. The second-order valence-electron chi connectivity index (χ2n) is 6.59. The Labute approximate surface area is 170 Å². The fourth-order valence-corrected chi connectivity index (χ4v) is 2.77. The zero-order chi connectivity index (χ0) is 21.1. The maximum Gasteiger partial charge on any atom is 0.222 e. The van der Waals surface area contributed by atoms with Gasteiger partial charge in [-0.3, -0.25) is 9.59 Å². The summed E-state index contributed by atoms with van der Waals surface area (Å²) in [5.74, 6) is 0.693. The van der Waals surface area contributed by atoms with Gasteiger partial charge in [-0.2, -0.15) is 0 Å². The topological polar surface area (TPSA) is 76.7 Å². The molecule has 0 fully saturated rings. The molecule has 6 nitrogen and oxygen atoms in total. The first-order valence-electron chi connectivity index (χ1n) is 9.54. The fraction of sp³-hybridized carbons (Fsp3) is 0.364. The van der Waals surface area contributed by atoms with E-state index in [0.29, 0.717) is 24.7 Å². The van der Waals surface area contributed by atoms with Gasteiger partial charge >= 0.3 is 0 Å². The average Bonchev–Trinajstić information content (AvgIpc) is 2.71. The van der Waals surface area contributed by atoms with Crippen LogP contribution >= 0.6 is 0 Å². The molecule has 2 amide bonds. The molecule has 7 heteroatoms. The van der Waals surface area contributed by atoms with Crippen molar-refractivity contribution in [3.05, 3.63) is 59.9 Å². The molecular weight excluding hydrogens is 375 g/mol. The monoisotopic (exact) mass is 402 g/mol. The number of unbranched alkanes of at least 4 members (excludes halogenated alkanes) is 1. The van der Waals surface area contributed by atoms with Gasteiger partial charge in [0.15, 0.2) is 0 Å². The van der Waals surface area contributed by atoms with Gasteiger partial charge in [0.2, 0.25) is 11.8 Å². The SMILES string of the molecule is COc1ccc(C(CC(=O)NCCCCOc2ccc(F)cc2)NC(C)=O)cc1. The van der Waals surface area contributed by atoms with Crippen LogP contribution in [0.3, 0.4) is 0 Å². The molecule has 0 saturated carbocycles. The lowest BCUT2D eigenvalue weighted by molar-refractivity contribution is -0.122. The zero-order valence-corrected chi connectivity index (χ0v) is 16.7. The van der Waals surface area contributed by atoms with Gasteiger partial charge in [-0.05, 0) is 54.8 Å². The third-order valence-electron chi connectivity index (χ3n) is 4.26. The van der Waals surface area contributed by atoms with Gasteiger partial charge in [-0.25, -0.2) is 4.39 Å². The van der Waals surface area contributed by atoms with Crippen molar-refractivity contribution >= 4 is 11.8 Å². The number of carbonyl (C=O) groups is 2. The fourth-order valence-electron chi connectivity index (χ4n) is 2.77. The molecule has 156 valence electrons. The number of benzene rings is 2. The summed E-state index contributed by atoms with van der Waals surface area (Å²) in [4.78, 5) is 23.8. The summed E-state index contributed by atoms with van der Waals surface area (Å²) in [6, 6.07) is 12.7. The summed E-state index contributed by atoms with van der Waals surface area (Å²) in [5.41, 5.74) is 0.837. The summed E-state index contributed by atoms with van der Waals surface area (Å²) in [5, 5.41) is 5.67. The van der Waals surface area contributed by atoms with E-state index in [-0.39, 0.29) is 24.1 Å². The molecule has 0 bridgehead atoms. The number of nitrogens with one attached hydrogen (secondary N) is 2. The Balaban J connectivity index is 1.71. The first-order valence-corrected chi connectivity index (χ1v) is 9.54. The summed E-state index contributed by atoms with van der Waals surface area (Å²) >= 11 is 0. The predicted octanol–water partition coefficient (Wildman–Crippen LogP) is 3.38. The molecule has 0 aliphatic carbocycles. The molecule has 29 heavy (non-hydrogen) atoms. The molecule has 2 aromatic rings. The van der Waals surface area contributed by atoms with Gasteiger partial charge in [0.05, 0.1) is 26.2 Å². The third kappa shape index (κ3) is 8.21. The number of hydrogen-bond donors (Lipinski definition) is 2. The number of halogens is 1. The Bertz CT molecular complexity index is 778. The van der Waals surface area contributed by atoms with Gasteiger partial charge in [0.25, 0.3) is 0 Å². The van der Waals surface area contributed by atoms with Crippen molar-refractivity contribution in [1.29, 1.82) is 0 Å². The van der Waals surface area contributed by atoms with Crippen LogP contribution in [0.25, 0.3) is 0 Å². The number of methoxy groups -OCH3 is 1. The zero-order valence-electron chi connectivity index (χ0n) is 16.7. The molecule has 2 aromatic carbocycles. The lowest BCUT2D eigenvalue weighted by Crippen LogP contribution is -2.33. The van der Waals surface area contributed by atoms with Crippen LogP contribution in [0.1, 0.15) is 37.8 Å². The Morgan fingerprint density at radius 3 is 2.28 bits per heavy atom. The highest BCUT2D eigenvalue weighted by molar-refractivity contribution is 5.79. The van der Waals surface area contributed by atoms with E-state index < -0.39 is 6.04 Å². The lowest BCUT2D eigenvalue weighted by Gasteiger charge is -2.18. The van der Waals surface area contributed by atoms with Crippen LogP contribution in [0, 0.1) is 5.82 Å². The third-order valence-corrected chi connectivity index (χ3v) is 4.26. The van der Waals surface area contributed by atoms with E-state index in [1.807, 2.05) is 12.1 Å². The van der Waals surface area contributed by atoms with Gasteiger partial charge < -0.3 is 20.1 Å². The lowest BCUT2D eigenvalue weighted by atomic mass is 10.0. The minimum absolute atomic E-state index is 0.140. The second-order valence-corrected chi connectivity index (χ2v) is 6.59. The van der Waals surface area contributed by atoms with E-state index in [9.17, 15) is 14.0 Å². The van der Waals surface area contributed by atoms with E-state index in [1.165, 1.54) is 19.1 Å². The maximum atomic E-state index is 12.8. The second kappa shape index (κ2) is 11.7. The molecular formula is C22H27FN2O4. The summed E-state index contributed by atoms with van der Waals surface area (Å²) in [7, 11) is 1.58. The predicted molar refractivity (Wildman–Crippen MR) is 108 cm³/mol. The normalized spacial score (nSPS) is 11.4. The minimum atomic E-state index is -0.403. The number of carbonyl (C=O) groups excluding carboxylic acids is 2. The van der Waals surface area contributed by atoms with Crippen molar-refractivity contribution in [2.45, 2.75) is 32.2 Å². The van der Waals surface area contributed by atoms with Gasteiger partial charge in [0.1, 0.15) is 17.3 Å². The van der Waals surface area contributed by atoms with Crippen LogP contribution in [0.2, 0.25) is 0 Å². The number of rotatable bonds is 11. The van der Waals surface area contributed by atoms with Crippen molar-refractivity contribution in [3.63, 3.8) is 0 Å². The van der Waals surface area contributed by atoms with Gasteiger partial charge in [0, 0.05) is 13.5 Å². The molecule has 2 rings (SSSR count).